The minimum Gasteiger partial charge on any atom is -0.425 e. The molecule has 0 atom stereocenters. The van der Waals surface area contributed by atoms with Crippen LogP contribution in [0.2, 0.25) is 0 Å². The van der Waals surface area contributed by atoms with Crippen molar-refractivity contribution in [2.24, 2.45) is 0 Å². The molecule has 15 heavy (non-hydrogen) atoms. The van der Waals surface area contributed by atoms with Gasteiger partial charge in [-0.3, -0.25) is 0 Å². The van der Waals surface area contributed by atoms with Crippen LogP contribution in [0.5, 0.6) is 5.75 Å². The topological polar surface area (TPSA) is 35.5 Å². The Morgan fingerprint density at radius 3 is 2.60 bits per heavy atom. The largest absolute Gasteiger partial charge is 0.425 e. The maximum atomic E-state index is 11.2. The first-order valence-electron chi connectivity index (χ1n) is 4.77. The van der Waals surface area contributed by atoms with Gasteiger partial charge in [0.1, 0.15) is 12.4 Å². The molecule has 0 saturated carbocycles. The summed E-state index contributed by atoms with van der Waals surface area (Å²) in [4.78, 5) is 11.2. The number of hydrogen-bond donors (Lipinski definition) is 0. The van der Waals surface area contributed by atoms with E-state index in [2.05, 4.69) is 6.58 Å². The summed E-state index contributed by atoms with van der Waals surface area (Å²) in [6.07, 6.45) is 1.73. The highest BCUT2D eigenvalue weighted by Gasteiger charge is 2.03. The summed E-state index contributed by atoms with van der Waals surface area (Å²) in [5.41, 5.74) is 0.986. The second-order valence-electron chi connectivity index (χ2n) is 2.88. The molecular formula is C12H14O3. The van der Waals surface area contributed by atoms with Gasteiger partial charge < -0.3 is 9.47 Å². The smallest absolute Gasteiger partial charge is 0.337 e. The summed E-state index contributed by atoms with van der Waals surface area (Å²) in [5.74, 6) is 0.133. The third-order valence-corrected chi connectivity index (χ3v) is 1.77. The monoisotopic (exact) mass is 206 g/mol. The van der Waals surface area contributed by atoms with Crippen molar-refractivity contribution in [3.8, 4) is 5.75 Å². The molecule has 0 bridgehead atoms. The molecule has 0 aliphatic heterocycles. The van der Waals surface area contributed by atoms with Crippen molar-refractivity contribution in [3.05, 3.63) is 36.4 Å². The van der Waals surface area contributed by atoms with Gasteiger partial charge in [-0.05, 0) is 24.6 Å². The molecule has 1 aromatic carbocycles. The Balaban J connectivity index is 2.49. The molecule has 0 unspecified atom stereocenters. The normalized spacial score (nSPS) is 9.67. The predicted molar refractivity (Wildman–Crippen MR) is 58.7 cm³/mol. The lowest BCUT2D eigenvalue weighted by atomic mass is 10.2. The molecule has 3 heteroatoms. The molecule has 0 N–H and O–H groups in total. The van der Waals surface area contributed by atoms with E-state index >= 15 is 0 Å². The summed E-state index contributed by atoms with van der Waals surface area (Å²) >= 11 is 0. The minimum atomic E-state index is -0.386. The second-order valence-corrected chi connectivity index (χ2v) is 2.88. The maximum absolute atomic E-state index is 11.2. The molecular weight excluding hydrogens is 192 g/mol. The summed E-state index contributed by atoms with van der Waals surface area (Å²) in [5, 5.41) is 0. The van der Waals surface area contributed by atoms with Crippen molar-refractivity contribution in [1.82, 2.24) is 0 Å². The average molecular weight is 206 g/mol. The van der Waals surface area contributed by atoms with Crippen molar-refractivity contribution in [2.45, 2.75) is 6.92 Å². The Kier molecular flexibility index (Phi) is 4.57. The molecule has 0 spiro atoms. The molecule has 0 radical (unpaired) electrons. The van der Waals surface area contributed by atoms with Crippen LogP contribution in [-0.2, 0) is 9.53 Å². The molecule has 0 aromatic heterocycles. The zero-order chi connectivity index (χ0) is 11.1. The van der Waals surface area contributed by atoms with Crippen LogP contribution in [0, 0.1) is 0 Å². The zero-order valence-corrected chi connectivity index (χ0v) is 8.73. The molecule has 3 nitrogen and oxygen atoms in total. The maximum Gasteiger partial charge on any atom is 0.337 e. The molecule has 1 rings (SSSR count). The number of ether oxygens (including phenoxy) is 2. The van der Waals surface area contributed by atoms with Gasteiger partial charge in [0.2, 0.25) is 0 Å². The highest BCUT2D eigenvalue weighted by molar-refractivity contribution is 5.73. The fourth-order valence-corrected chi connectivity index (χ4v) is 1.02. The van der Waals surface area contributed by atoms with Gasteiger partial charge in [-0.2, -0.15) is 0 Å². The molecule has 80 valence electrons. The number of carbonyl (C=O) groups is 1. The first-order valence-corrected chi connectivity index (χ1v) is 4.77. The molecule has 0 saturated heterocycles. The number of esters is 1. The summed E-state index contributed by atoms with van der Waals surface area (Å²) in [6, 6.07) is 7.11. The molecule has 0 aliphatic carbocycles. The lowest BCUT2D eigenvalue weighted by molar-refractivity contribution is -0.139. The van der Waals surface area contributed by atoms with E-state index in [4.69, 9.17) is 9.47 Å². The van der Waals surface area contributed by atoms with Crippen LogP contribution < -0.4 is 4.74 Å². The van der Waals surface area contributed by atoms with Crippen LogP contribution in [0.4, 0.5) is 0 Å². The molecule has 0 heterocycles. The van der Waals surface area contributed by atoms with Gasteiger partial charge in [0.25, 0.3) is 0 Å². The van der Waals surface area contributed by atoms with E-state index in [0.717, 1.165) is 5.56 Å². The Morgan fingerprint density at radius 1 is 1.40 bits per heavy atom. The van der Waals surface area contributed by atoms with Gasteiger partial charge in [0.05, 0.1) is 0 Å². The van der Waals surface area contributed by atoms with Gasteiger partial charge in [-0.15, -0.1) is 0 Å². The van der Waals surface area contributed by atoms with Crippen LogP contribution in [-0.4, -0.2) is 19.2 Å². The van der Waals surface area contributed by atoms with Gasteiger partial charge in [-0.25, -0.2) is 4.79 Å². The van der Waals surface area contributed by atoms with E-state index in [-0.39, 0.29) is 12.6 Å². The van der Waals surface area contributed by atoms with E-state index in [0.29, 0.717) is 12.4 Å². The van der Waals surface area contributed by atoms with E-state index in [1.807, 2.05) is 19.1 Å². The molecule has 0 fully saturated rings. The van der Waals surface area contributed by atoms with Crippen LogP contribution in [0.15, 0.2) is 30.8 Å². The number of carbonyl (C=O) groups excluding carboxylic acids is 1. The van der Waals surface area contributed by atoms with Gasteiger partial charge in [-0.1, -0.05) is 24.8 Å². The first kappa shape index (κ1) is 11.5. The third-order valence-electron chi connectivity index (χ3n) is 1.77. The second kappa shape index (κ2) is 5.98. The van der Waals surface area contributed by atoms with Crippen LogP contribution >= 0.6 is 0 Å². The number of benzene rings is 1. The Morgan fingerprint density at radius 2 is 2.07 bits per heavy atom. The summed E-state index contributed by atoms with van der Waals surface area (Å²) < 4.78 is 9.94. The first-order chi connectivity index (χ1) is 7.26. The van der Waals surface area contributed by atoms with Crippen LogP contribution in [0.25, 0.3) is 6.08 Å². The van der Waals surface area contributed by atoms with Crippen LogP contribution in [0.3, 0.4) is 0 Å². The van der Waals surface area contributed by atoms with Crippen molar-refractivity contribution >= 4 is 12.0 Å². The number of hydrogen-bond acceptors (Lipinski definition) is 3. The van der Waals surface area contributed by atoms with Crippen molar-refractivity contribution in [2.75, 3.05) is 13.2 Å². The third kappa shape index (κ3) is 3.95. The fraction of sp³-hybridized carbons (Fsp3) is 0.250. The lowest BCUT2D eigenvalue weighted by Gasteiger charge is -2.04. The lowest BCUT2D eigenvalue weighted by Crippen LogP contribution is -2.15. The SMILES string of the molecule is C=Cc1ccc(OC(=O)COCC)cc1. The average Bonchev–Trinajstić information content (AvgIpc) is 2.27. The standard InChI is InChI=1S/C12H14O3/c1-3-10-5-7-11(8-6-10)15-12(13)9-14-4-2/h3,5-8H,1,4,9H2,2H3. The molecule has 0 aliphatic rings. The van der Waals surface area contributed by atoms with Crippen molar-refractivity contribution < 1.29 is 14.3 Å². The Bertz CT molecular complexity index is 327. The van der Waals surface area contributed by atoms with Crippen LogP contribution in [0.1, 0.15) is 12.5 Å². The van der Waals surface area contributed by atoms with Gasteiger partial charge in [0.15, 0.2) is 0 Å². The van der Waals surface area contributed by atoms with E-state index < -0.39 is 0 Å². The Hall–Kier alpha value is -1.61. The van der Waals surface area contributed by atoms with Crippen molar-refractivity contribution in [1.29, 1.82) is 0 Å². The highest BCUT2D eigenvalue weighted by atomic mass is 16.6. The predicted octanol–water partition coefficient (Wildman–Crippen LogP) is 2.27. The highest BCUT2D eigenvalue weighted by Crippen LogP contribution is 2.12. The molecule has 1 aromatic rings. The Labute approximate surface area is 89.3 Å². The van der Waals surface area contributed by atoms with E-state index in [9.17, 15) is 4.79 Å². The summed E-state index contributed by atoms with van der Waals surface area (Å²) in [7, 11) is 0. The van der Waals surface area contributed by atoms with Gasteiger partial charge >= 0.3 is 5.97 Å². The van der Waals surface area contributed by atoms with E-state index in [1.165, 1.54) is 0 Å². The van der Waals surface area contributed by atoms with Gasteiger partial charge in [0, 0.05) is 6.61 Å². The zero-order valence-electron chi connectivity index (χ0n) is 8.73. The fourth-order valence-electron chi connectivity index (χ4n) is 1.02. The van der Waals surface area contributed by atoms with Crippen molar-refractivity contribution in [3.63, 3.8) is 0 Å². The minimum absolute atomic E-state index is 0.0142. The van der Waals surface area contributed by atoms with E-state index in [1.54, 1.807) is 18.2 Å². The quantitative estimate of drug-likeness (QED) is 0.547. The summed E-state index contributed by atoms with van der Waals surface area (Å²) in [6.45, 7) is 5.95. The number of rotatable bonds is 5. The molecule has 0 amide bonds.